The summed E-state index contributed by atoms with van der Waals surface area (Å²) in [6.45, 7) is 0. The minimum Gasteiger partial charge on any atom is -0.456 e. The lowest BCUT2D eigenvalue weighted by atomic mass is 9.99. The van der Waals surface area contributed by atoms with Crippen molar-refractivity contribution >= 4 is 32.7 Å². The van der Waals surface area contributed by atoms with E-state index in [1.54, 1.807) is 0 Å². The summed E-state index contributed by atoms with van der Waals surface area (Å²) in [4.78, 5) is 10.4. The van der Waals surface area contributed by atoms with Crippen molar-refractivity contribution in [2.75, 3.05) is 0 Å². The Morgan fingerprint density at radius 3 is 1.70 bits per heavy atom. The van der Waals surface area contributed by atoms with E-state index >= 15 is 0 Å². The van der Waals surface area contributed by atoms with E-state index in [4.69, 9.17) is 14.4 Å². The van der Waals surface area contributed by atoms with Crippen LogP contribution in [0.3, 0.4) is 0 Å². The summed E-state index contributed by atoms with van der Waals surface area (Å²) in [5, 5.41) is 4.54. The Hall–Kier alpha value is -6.32. The van der Waals surface area contributed by atoms with Gasteiger partial charge in [-0.25, -0.2) is 9.97 Å². The van der Waals surface area contributed by atoms with Crippen LogP contribution in [-0.4, -0.2) is 9.97 Å². The summed E-state index contributed by atoms with van der Waals surface area (Å²) >= 11 is 0. The molecule has 9 aromatic rings. The van der Waals surface area contributed by atoms with E-state index in [0.29, 0.717) is 5.82 Å². The average molecular weight is 601 g/mol. The fourth-order valence-electron chi connectivity index (χ4n) is 6.50. The van der Waals surface area contributed by atoms with E-state index in [9.17, 15) is 0 Å². The maximum atomic E-state index is 6.36. The van der Waals surface area contributed by atoms with E-state index in [1.165, 1.54) is 21.9 Å². The van der Waals surface area contributed by atoms with E-state index in [0.717, 1.165) is 61.1 Å². The number of rotatable bonds is 5. The number of hydrogen-bond donors (Lipinski definition) is 0. The summed E-state index contributed by atoms with van der Waals surface area (Å²) in [7, 11) is 0. The van der Waals surface area contributed by atoms with Gasteiger partial charge in [0.1, 0.15) is 11.2 Å². The number of hydrogen-bond acceptors (Lipinski definition) is 3. The predicted octanol–water partition coefficient (Wildman–Crippen LogP) is 11.9. The van der Waals surface area contributed by atoms with Crippen molar-refractivity contribution in [2.45, 2.75) is 0 Å². The molecule has 0 spiro atoms. The third kappa shape index (κ3) is 4.95. The average Bonchev–Trinajstić information content (AvgIpc) is 3.53. The zero-order valence-electron chi connectivity index (χ0n) is 25.5. The van der Waals surface area contributed by atoms with Crippen LogP contribution in [0.15, 0.2) is 174 Å². The Bertz CT molecular complexity index is 2550. The molecular weight excluding hydrogens is 572 g/mol. The third-order valence-corrected chi connectivity index (χ3v) is 8.90. The van der Waals surface area contributed by atoms with Crippen molar-refractivity contribution in [3.05, 3.63) is 170 Å². The number of benzene rings is 7. The zero-order valence-corrected chi connectivity index (χ0v) is 25.5. The molecule has 220 valence electrons. The van der Waals surface area contributed by atoms with Gasteiger partial charge in [0.2, 0.25) is 0 Å². The van der Waals surface area contributed by atoms with Gasteiger partial charge in [-0.2, -0.15) is 0 Å². The molecule has 7 aromatic carbocycles. The molecule has 0 aliphatic carbocycles. The first-order valence-corrected chi connectivity index (χ1v) is 15.8. The van der Waals surface area contributed by atoms with Crippen molar-refractivity contribution in [3.8, 4) is 56.2 Å². The highest BCUT2D eigenvalue weighted by atomic mass is 16.3. The molecule has 0 radical (unpaired) electrons. The predicted molar refractivity (Wildman–Crippen MR) is 194 cm³/mol. The van der Waals surface area contributed by atoms with Gasteiger partial charge in [0.05, 0.1) is 11.4 Å². The van der Waals surface area contributed by atoms with Gasteiger partial charge in [-0.15, -0.1) is 0 Å². The molecule has 2 heterocycles. The van der Waals surface area contributed by atoms with Crippen LogP contribution in [0.5, 0.6) is 0 Å². The van der Waals surface area contributed by atoms with Crippen LogP contribution in [0.25, 0.3) is 88.9 Å². The van der Waals surface area contributed by atoms with Gasteiger partial charge in [-0.05, 0) is 63.4 Å². The van der Waals surface area contributed by atoms with Gasteiger partial charge in [0, 0.05) is 27.5 Å². The van der Waals surface area contributed by atoms with E-state index in [1.807, 2.05) is 36.4 Å². The van der Waals surface area contributed by atoms with Gasteiger partial charge >= 0.3 is 0 Å². The Morgan fingerprint density at radius 1 is 0.362 bits per heavy atom. The second kappa shape index (κ2) is 11.2. The molecule has 0 atom stereocenters. The Balaban J connectivity index is 1.19. The highest BCUT2D eigenvalue weighted by Gasteiger charge is 2.17. The first kappa shape index (κ1) is 27.0. The quantitative estimate of drug-likeness (QED) is 0.197. The summed E-state index contributed by atoms with van der Waals surface area (Å²) in [6.07, 6.45) is 0. The number of nitrogens with zero attached hydrogens (tertiary/aromatic N) is 2. The molecule has 3 heteroatoms. The second-order valence-electron chi connectivity index (χ2n) is 11.8. The van der Waals surface area contributed by atoms with Crippen LogP contribution in [0.4, 0.5) is 0 Å². The fourth-order valence-corrected chi connectivity index (χ4v) is 6.50. The SMILES string of the molecule is c1ccc(-c2ccc3oc4cccc(-c5nc(-c6ccccc6)cc(-c6ccc(-c7ccc8ccccc8c7)cc6)n5)c4c3c2)cc1. The Labute approximate surface area is 272 Å². The van der Waals surface area contributed by atoms with Crippen molar-refractivity contribution in [2.24, 2.45) is 0 Å². The molecule has 3 nitrogen and oxygen atoms in total. The summed E-state index contributed by atoms with van der Waals surface area (Å²) in [5.74, 6) is 0.665. The van der Waals surface area contributed by atoms with Crippen LogP contribution in [0, 0.1) is 0 Å². The minimum atomic E-state index is 0.665. The molecule has 9 rings (SSSR count). The molecule has 0 bridgehead atoms. The smallest absolute Gasteiger partial charge is 0.161 e. The summed E-state index contributed by atoms with van der Waals surface area (Å²) in [6, 6.07) is 59.1. The second-order valence-corrected chi connectivity index (χ2v) is 11.8. The maximum Gasteiger partial charge on any atom is 0.161 e. The van der Waals surface area contributed by atoms with Gasteiger partial charge in [-0.3, -0.25) is 0 Å². The van der Waals surface area contributed by atoms with E-state index in [2.05, 4.69) is 133 Å². The molecule has 0 N–H and O–H groups in total. The van der Waals surface area contributed by atoms with Gasteiger partial charge in [0.25, 0.3) is 0 Å². The molecule has 0 fully saturated rings. The maximum absolute atomic E-state index is 6.36. The van der Waals surface area contributed by atoms with Crippen molar-refractivity contribution < 1.29 is 4.42 Å². The highest BCUT2D eigenvalue weighted by molar-refractivity contribution is 6.12. The lowest BCUT2D eigenvalue weighted by molar-refractivity contribution is 0.669. The standard InChI is InChI=1S/C44H28N2O/c1-3-10-29(11-4-1)36-24-25-41-38(27-36)43-37(16-9-17-42(43)47-41)44-45-39(32-13-5-2-6-14-32)28-40(46-44)33-21-18-31(19-22-33)35-23-20-30-12-7-8-15-34(30)26-35/h1-28H. The lowest BCUT2D eigenvalue weighted by Crippen LogP contribution is -1.96. The van der Waals surface area contributed by atoms with E-state index < -0.39 is 0 Å². The minimum absolute atomic E-state index is 0.665. The summed E-state index contributed by atoms with van der Waals surface area (Å²) < 4.78 is 6.36. The van der Waals surface area contributed by atoms with Gasteiger partial charge in [-0.1, -0.05) is 140 Å². The molecular formula is C44H28N2O. The molecule has 0 saturated carbocycles. The van der Waals surface area contributed by atoms with Gasteiger partial charge in [0.15, 0.2) is 5.82 Å². The Morgan fingerprint density at radius 2 is 0.936 bits per heavy atom. The molecule has 0 aliphatic rings. The van der Waals surface area contributed by atoms with Gasteiger partial charge < -0.3 is 4.42 Å². The van der Waals surface area contributed by atoms with Crippen LogP contribution >= 0.6 is 0 Å². The van der Waals surface area contributed by atoms with Crippen molar-refractivity contribution in [1.82, 2.24) is 9.97 Å². The fraction of sp³-hybridized carbons (Fsp3) is 0. The molecule has 0 amide bonds. The van der Waals surface area contributed by atoms with E-state index in [-0.39, 0.29) is 0 Å². The largest absolute Gasteiger partial charge is 0.456 e. The molecule has 0 aliphatic heterocycles. The normalized spacial score (nSPS) is 11.4. The lowest BCUT2D eigenvalue weighted by Gasteiger charge is -2.11. The number of furan rings is 1. The summed E-state index contributed by atoms with van der Waals surface area (Å²) in [5.41, 5.74) is 11.1. The van der Waals surface area contributed by atoms with Crippen LogP contribution in [-0.2, 0) is 0 Å². The van der Waals surface area contributed by atoms with Crippen LogP contribution in [0.2, 0.25) is 0 Å². The topological polar surface area (TPSA) is 38.9 Å². The molecule has 0 unspecified atom stereocenters. The number of fused-ring (bicyclic) bond motifs is 4. The Kier molecular flexibility index (Phi) is 6.46. The van der Waals surface area contributed by atoms with Crippen molar-refractivity contribution in [1.29, 1.82) is 0 Å². The first-order chi connectivity index (χ1) is 23.3. The highest BCUT2D eigenvalue weighted by Crippen LogP contribution is 2.39. The van der Waals surface area contributed by atoms with Crippen molar-refractivity contribution in [3.63, 3.8) is 0 Å². The van der Waals surface area contributed by atoms with Crippen LogP contribution in [0.1, 0.15) is 0 Å². The molecule has 2 aromatic heterocycles. The van der Waals surface area contributed by atoms with Crippen LogP contribution < -0.4 is 0 Å². The zero-order chi connectivity index (χ0) is 31.2. The monoisotopic (exact) mass is 600 g/mol. The first-order valence-electron chi connectivity index (χ1n) is 15.8. The number of aromatic nitrogens is 2. The third-order valence-electron chi connectivity index (χ3n) is 8.90. The molecule has 0 saturated heterocycles. The molecule has 47 heavy (non-hydrogen) atoms.